The van der Waals surface area contributed by atoms with E-state index in [-0.39, 0.29) is 28.2 Å². The molecular formula is C19H24N2O5S. The molecule has 8 heteroatoms. The Morgan fingerprint density at radius 1 is 1.04 bits per heavy atom. The molecule has 1 amide bonds. The lowest BCUT2D eigenvalue weighted by molar-refractivity contribution is 0.0950. The van der Waals surface area contributed by atoms with E-state index in [2.05, 4.69) is 10.0 Å². The first kappa shape index (κ1) is 20.7. The number of amides is 1. The van der Waals surface area contributed by atoms with Gasteiger partial charge in [0.1, 0.15) is 16.4 Å². The predicted octanol–water partition coefficient (Wildman–Crippen LogP) is 2.32. The largest absolute Gasteiger partial charge is 0.497 e. The summed E-state index contributed by atoms with van der Waals surface area (Å²) < 4.78 is 37.7. The molecule has 7 nitrogen and oxygen atoms in total. The van der Waals surface area contributed by atoms with Crippen LogP contribution in [0.5, 0.6) is 11.5 Å². The molecule has 0 aromatic heterocycles. The van der Waals surface area contributed by atoms with Gasteiger partial charge in [-0.15, -0.1) is 0 Å². The minimum atomic E-state index is -3.80. The summed E-state index contributed by atoms with van der Waals surface area (Å²) in [4.78, 5) is 12.4. The van der Waals surface area contributed by atoms with E-state index in [1.54, 1.807) is 33.1 Å². The number of hydrogen-bond acceptors (Lipinski definition) is 5. The summed E-state index contributed by atoms with van der Waals surface area (Å²) in [6.45, 7) is 3.74. The Balaban J connectivity index is 2.19. The SMILES string of the molecule is COc1ccc(CNC(=O)c2ccc(OC)c(S(=O)(=O)NC(C)C)c2)cc1. The minimum absolute atomic E-state index is 0.0733. The highest BCUT2D eigenvalue weighted by molar-refractivity contribution is 7.89. The Kier molecular flexibility index (Phi) is 6.81. The highest BCUT2D eigenvalue weighted by atomic mass is 32.2. The van der Waals surface area contributed by atoms with Gasteiger partial charge in [-0.05, 0) is 49.7 Å². The highest BCUT2D eigenvalue weighted by Gasteiger charge is 2.22. The average molecular weight is 392 g/mol. The summed E-state index contributed by atoms with van der Waals surface area (Å²) in [5, 5.41) is 2.77. The van der Waals surface area contributed by atoms with Crippen LogP contribution >= 0.6 is 0 Å². The van der Waals surface area contributed by atoms with Crippen LogP contribution in [0.25, 0.3) is 0 Å². The Labute approximate surface area is 159 Å². The Morgan fingerprint density at radius 2 is 1.70 bits per heavy atom. The summed E-state index contributed by atoms with van der Waals surface area (Å²) in [6, 6.07) is 11.3. The zero-order chi connectivity index (χ0) is 20.0. The fraction of sp³-hybridized carbons (Fsp3) is 0.316. The van der Waals surface area contributed by atoms with Gasteiger partial charge < -0.3 is 14.8 Å². The number of nitrogens with one attached hydrogen (secondary N) is 2. The minimum Gasteiger partial charge on any atom is -0.497 e. The molecule has 2 aromatic carbocycles. The number of sulfonamides is 1. The zero-order valence-corrected chi connectivity index (χ0v) is 16.6. The van der Waals surface area contributed by atoms with Crippen molar-refractivity contribution in [2.75, 3.05) is 14.2 Å². The molecule has 2 rings (SSSR count). The third kappa shape index (κ3) is 5.45. The lowest BCUT2D eigenvalue weighted by Gasteiger charge is -2.14. The van der Waals surface area contributed by atoms with Crippen molar-refractivity contribution < 1.29 is 22.7 Å². The fourth-order valence-electron chi connectivity index (χ4n) is 2.43. The van der Waals surface area contributed by atoms with Crippen LogP contribution in [-0.4, -0.2) is 34.6 Å². The number of carbonyl (C=O) groups is 1. The van der Waals surface area contributed by atoms with Gasteiger partial charge in [-0.25, -0.2) is 13.1 Å². The lowest BCUT2D eigenvalue weighted by Crippen LogP contribution is -2.31. The second-order valence-corrected chi connectivity index (χ2v) is 7.85. The van der Waals surface area contributed by atoms with Crippen LogP contribution in [0.1, 0.15) is 29.8 Å². The van der Waals surface area contributed by atoms with E-state index in [1.165, 1.54) is 25.3 Å². The van der Waals surface area contributed by atoms with Crippen molar-refractivity contribution in [1.29, 1.82) is 0 Å². The van der Waals surface area contributed by atoms with E-state index in [1.807, 2.05) is 12.1 Å². The zero-order valence-electron chi connectivity index (χ0n) is 15.8. The maximum Gasteiger partial charge on any atom is 0.251 e. The molecule has 0 spiro atoms. The van der Waals surface area contributed by atoms with Crippen molar-refractivity contribution in [2.24, 2.45) is 0 Å². The van der Waals surface area contributed by atoms with Crippen molar-refractivity contribution >= 4 is 15.9 Å². The van der Waals surface area contributed by atoms with Crippen molar-refractivity contribution in [3.05, 3.63) is 53.6 Å². The van der Waals surface area contributed by atoms with E-state index in [0.29, 0.717) is 6.54 Å². The van der Waals surface area contributed by atoms with Crippen LogP contribution in [0.15, 0.2) is 47.4 Å². The van der Waals surface area contributed by atoms with E-state index < -0.39 is 10.0 Å². The quantitative estimate of drug-likeness (QED) is 0.719. The van der Waals surface area contributed by atoms with E-state index in [0.717, 1.165) is 11.3 Å². The lowest BCUT2D eigenvalue weighted by atomic mass is 10.2. The molecule has 0 heterocycles. The van der Waals surface area contributed by atoms with Gasteiger partial charge in [-0.1, -0.05) is 12.1 Å². The fourth-order valence-corrected chi connectivity index (χ4v) is 3.88. The molecule has 0 fully saturated rings. The van der Waals surface area contributed by atoms with Gasteiger partial charge in [0.15, 0.2) is 0 Å². The number of rotatable bonds is 8. The van der Waals surface area contributed by atoms with Gasteiger partial charge >= 0.3 is 0 Å². The maximum absolute atomic E-state index is 12.5. The first-order valence-corrected chi connectivity index (χ1v) is 9.86. The molecule has 0 aliphatic rings. The molecule has 2 aromatic rings. The normalized spacial score (nSPS) is 11.3. The van der Waals surface area contributed by atoms with Gasteiger partial charge in [0.2, 0.25) is 10.0 Å². The number of ether oxygens (including phenoxy) is 2. The second-order valence-electron chi connectivity index (χ2n) is 6.17. The summed E-state index contributed by atoms with van der Waals surface area (Å²) in [5.41, 5.74) is 1.13. The van der Waals surface area contributed by atoms with Crippen LogP contribution in [0, 0.1) is 0 Å². The first-order chi connectivity index (χ1) is 12.8. The van der Waals surface area contributed by atoms with E-state index in [4.69, 9.17) is 9.47 Å². The molecule has 146 valence electrons. The van der Waals surface area contributed by atoms with Gasteiger partial charge in [0.25, 0.3) is 5.91 Å². The number of benzene rings is 2. The smallest absolute Gasteiger partial charge is 0.251 e. The number of methoxy groups -OCH3 is 2. The van der Waals surface area contributed by atoms with E-state index in [9.17, 15) is 13.2 Å². The molecule has 0 radical (unpaired) electrons. The molecule has 0 atom stereocenters. The van der Waals surface area contributed by atoms with Crippen LogP contribution in [0.4, 0.5) is 0 Å². The Morgan fingerprint density at radius 3 is 2.26 bits per heavy atom. The molecule has 0 aliphatic heterocycles. The van der Waals surface area contributed by atoms with Gasteiger partial charge in [0, 0.05) is 18.2 Å². The first-order valence-electron chi connectivity index (χ1n) is 8.38. The van der Waals surface area contributed by atoms with Crippen molar-refractivity contribution in [3.63, 3.8) is 0 Å². The summed E-state index contributed by atoms with van der Waals surface area (Å²) >= 11 is 0. The predicted molar refractivity (Wildman–Crippen MR) is 103 cm³/mol. The molecule has 2 N–H and O–H groups in total. The monoisotopic (exact) mass is 392 g/mol. The highest BCUT2D eigenvalue weighted by Crippen LogP contribution is 2.25. The van der Waals surface area contributed by atoms with Crippen molar-refractivity contribution in [1.82, 2.24) is 10.0 Å². The molecule has 27 heavy (non-hydrogen) atoms. The topological polar surface area (TPSA) is 93.7 Å². The summed E-state index contributed by atoms with van der Waals surface area (Å²) in [6.07, 6.45) is 0. The number of hydrogen-bond donors (Lipinski definition) is 2. The van der Waals surface area contributed by atoms with Gasteiger partial charge in [-0.3, -0.25) is 4.79 Å². The summed E-state index contributed by atoms with van der Waals surface area (Å²) in [5.74, 6) is 0.525. The Bertz CT molecular complexity index is 893. The number of carbonyl (C=O) groups excluding carboxylic acids is 1. The molecule has 0 bridgehead atoms. The molecule has 0 saturated heterocycles. The van der Waals surface area contributed by atoms with Crippen molar-refractivity contribution in [3.8, 4) is 11.5 Å². The third-order valence-corrected chi connectivity index (χ3v) is 5.40. The van der Waals surface area contributed by atoms with E-state index >= 15 is 0 Å². The maximum atomic E-state index is 12.5. The second kappa shape index (κ2) is 8.88. The molecule has 0 aliphatic carbocycles. The van der Waals surface area contributed by atoms with Crippen LogP contribution in [0.3, 0.4) is 0 Å². The third-order valence-electron chi connectivity index (χ3n) is 3.72. The Hall–Kier alpha value is -2.58. The standard InChI is InChI=1S/C19H24N2O5S/c1-13(2)21-27(23,24)18-11-15(7-10-17(18)26-4)19(22)20-12-14-5-8-16(25-3)9-6-14/h5-11,13,21H,12H2,1-4H3,(H,20,22). The molecule has 0 saturated carbocycles. The van der Waals surface area contributed by atoms with Crippen molar-refractivity contribution in [2.45, 2.75) is 31.3 Å². The van der Waals surface area contributed by atoms with Gasteiger partial charge in [-0.2, -0.15) is 0 Å². The molecular weight excluding hydrogens is 368 g/mol. The molecule has 0 unspecified atom stereocenters. The van der Waals surface area contributed by atoms with Crippen LogP contribution < -0.4 is 19.5 Å². The average Bonchev–Trinajstić information content (AvgIpc) is 2.65. The van der Waals surface area contributed by atoms with Crippen LogP contribution in [-0.2, 0) is 16.6 Å². The van der Waals surface area contributed by atoms with Crippen LogP contribution in [0.2, 0.25) is 0 Å². The summed E-state index contributed by atoms with van der Waals surface area (Å²) in [7, 11) is -0.836. The van der Waals surface area contributed by atoms with Gasteiger partial charge in [0.05, 0.1) is 14.2 Å².